The van der Waals surface area contributed by atoms with Gasteiger partial charge < -0.3 is 15.2 Å². The van der Waals surface area contributed by atoms with E-state index in [-0.39, 0.29) is 5.56 Å². The number of rotatable bonds is 5. The number of aryl methyl sites for hydroxylation is 2. The maximum absolute atomic E-state index is 11.5. The number of carboxylic acids is 1. The number of nitriles is 1. The first kappa shape index (κ1) is 19.0. The number of carboxylic acid groups (broad SMARTS) is 1. The van der Waals surface area contributed by atoms with Crippen LogP contribution in [0.4, 0.5) is 11.4 Å². The number of carbonyl (C=O) groups is 1. The van der Waals surface area contributed by atoms with Gasteiger partial charge in [0.2, 0.25) is 0 Å². The molecule has 0 saturated heterocycles. The van der Waals surface area contributed by atoms with Crippen LogP contribution in [-0.4, -0.2) is 20.7 Å². The Morgan fingerprint density at radius 3 is 2.60 bits per heavy atom. The van der Waals surface area contributed by atoms with E-state index in [1.54, 1.807) is 6.92 Å². The molecule has 148 valence electrons. The normalized spacial score (nSPS) is 10.6. The van der Waals surface area contributed by atoms with Crippen LogP contribution in [0.5, 0.6) is 11.5 Å². The summed E-state index contributed by atoms with van der Waals surface area (Å²) in [7, 11) is 0. The van der Waals surface area contributed by atoms with Crippen LogP contribution in [0.3, 0.4) is 0 Å². The van der Waals surface area contributed by atoms with Crippen LogP contribution in [0.15, 0.2) is 60.9 Å². The fourth-order valence-electron chi connectivity index (χ4n) is 3.31. The van der Waals surface area contributed by atoms with Crippen LogP contribution in [0, 0.1) is 25.2 Å². The standard InChI is InChI=1S/C23H18N4O3/c1-14-10-18(30-17-6-4-3-5-7-17)8-9-20(14)26-21-16(11-24)12-25-27-13-19(23(28)29)15(2)22(21)27/h3-10,12-13,26H,1-2H3,(H,28,29). The van der Waals surface area contributed by atoms with Crippen LogP contribution in [0.1, 0.15) is 27.0 Å². The van der Waals surface area contributed by atoms with Gasteiger partial charge in [-0.25, -0.2) is 9.31 Å². The van der Waals surface area contributed by atoms with Crippen LogP contribution < -0.4 is 10.1 Å². The van der Waals surface area contributed by atoms with Crippen molar-refractivity contribution >= 4 is 22.9 Å². The molecule has 4 aromatic rings. The van der Waals surface area contributed by atoms with Crippen LogP contribution in [0.2, 0.25) is 0 Å². The Bertz CT molecular complexity index is 1300. The Morgan fingerprint density at radius 1 is 1.17 bits per heavy atom. The molecule has 0 spiro atoms. The van der Waals surface area contributed by atoms with Gasteiger partial charge in [0, 0.05) is 11.9 Å². The van der Waals surface area contributed by atoms with E-state index < -0.39 is 5.97 Å². The number of hydrogen-bond donors (Lipinski definition) is 2. The van der Waals surface area contributed by atoms with E-state index in [1.807, 2.05) is 55.5 Å². The van der Waals surface area contributed by atoms with Gasteiger partial charge in [-0.1, -0.05) is 18.2 Å². The maximum Gasteiger partial charge on any atom is 0.337 e. The lowest BCUT2D eigenvalue weighted by atomic mass is 10.1. The van der Waals surface area contributed by atoms with Crippen molar-refractivity contribution in [2.24, 2.45) is 0 Å². The van der Waals surface area contributed by atoms with Crippen molar-refractivity contribution in [3.8, 4) is 17.6 Å². The number of nitrogens with zero attached hydrogens (tertiary/aromatic N) is 3. The summed E-state index contributed by atoms with van der Waals surface area (Å²) in [4.78, 5) is 11.5. The Morgan fingerprint density at radius 2 is 1.93 bits per heavy atom. The Kier molecular flexibility index (Phi) is 4.82. The van der Waals surface area contributed by atoms with E-state index in [1.165, 1.54) is 16.9 Å². The van der Waals surface area contributed by atoms with Crippen molar-refractivity contribution in [3.05, 3.63) is 83.2 Å². The minimum atomic E-state index is -1.04. The zero-order valence-corrected chi connectivity index (χ0v) is 16.4. The number of fused-ring (bicyclic) bond motifs is 1. The SMILES string of the molecule is Cc1cc(Oc2ccccc2)ccc1Nc1c(C#N)cnn2cc(C(=O)O)c(C)c12. The summed E-state index contributed by atoms with van der Waals surface area (Å²) in [5.74, 6) is 0.392. The number of aromatic nitrogens is 2. The Hall–Kier alpha value is -4.31. The molecule has 0 unspecified atom stereocenters. The molecule has 30 heavy (non-hydrogen) atoms. The van der Waals surface area contributed by atoms with Crippen molar-refractivity contribution in [3.63, 3.8) is 0 Å². The van der Waals surface area contributed by atoms with Gasteiger partial charge in [-0.3, -0.25) is 0 Å². The van der Waals surface area contributed by atoms with Gasteiger partial charge >= 0.3 is 5.97 Å². The molecule has 2 aromatic heterocycles. The van der Waals surface area contributed by atoms with Crippen LogP contribution in [0.25, 0.3) is 5.52 Å². The van der Waals surface area contributed by atoms with Crippen molar-refractivity contribution in [1.29, 1.82) is 5.26 Å². The molecular weight excluding hydrogens is 380 g/mol. The van der Waals surface area contributed by atoms with E-state index in [9.17, 15) is 15.2 Å². The highest BCUT2D eigenvalue weighted by Gasteiger charge is 2.19. The summed E-state index contributed by atoms with van der Waals surface area (Å²) in [5, 5.41) is 26.5. The molecule has 4 rings (SSSR count). The lowest BCUT2D eigenvalue weighted by Crippen LogP contribution is -2.02. The Labute approximate surface area is 172 Å². The van der Waals surface area contributed by atoms with Gasteiger partial charge in [-0.15, -0.1) is 0 Å². The summed E-state index contributed by atoms with van der Waals surface area (Å²) in [6.45, 7) is 3.63. The highest BCUT2D eigenvalue weighted by Crippen LogP contribution is 2.33. The highest BCUT2D eigenvalue weighted by atomic mass is 16.5. The van der Waals surface area contributed by atoms with Gasteiger partial charge in [0.1, 0.15) is 17.6 Å². The molecule has 0 atom stereocenters. The second kappa shape index (κ2) is 7.60. The zero-order valence-electron chi connectivity index (χ0n) is 16.4. The summed E-state index contributed by atoms with van der Waals surface area (Å²) in [6, 6.07) is 17.2. The lowest BCUT2D eigenvalue weighted by molar-refractivity contribution is 0.0696. The first-order valence-corrected chi connectivity index (χ1v) is 9.23. The molecule has 0 amide bonds. The van der Waals surface area contributed by atoms with Crippen molar-refractivity contribution < 1.29 is 14.6 Å². The highest BCUT2D eigenvalue weighted by molar-refractivity contribution is 5.96. The summed E-state index contributed by atoms with van der Waals surface area (Å²) >= 11 is 0. The maximum atomic E-state index is 11.5. The molecule has 2 heterocycles. The van der Waals surface area contributed by atoms with Gasteiger partial charge in [-0.05, 0) is 55.3 Å². The number of para-hydroxylation sites is 1. The first-order chi connectivity index (χ1) is 14.5. The smallest absolute Gasteiger partial charge is 0.337 e. The van der Waals surface area contributed by atoms with E-state index in [4.69, 9.17) is 4.74 Å². The Balaban J connectivity index is 1.73. The van der Waals surface area contributed by atoms with E-state index in [2.05, 4.69) is 16.5 Å². The fraction of sp³-hybridized carbons (Fsp3) is 0.0870. The lowest BCUT2D eigenvalue weighted by Gasteiger charge is -2.14. The number of aromatic carboxylic acids is 1. The van der Waals surface area contributed by atoms with Gasteiger partial charge in [0.15, 0.2) is 0 Å². The molecule has 7 nitrogen and oxygen atoms in total. The monoisotopic (exact) mass is 398 g/mol. The third kappa shape index (κ3) is 3.42. The molecule has 0 fully saturated rings. The number of benzene rings is 2. The minimum Gasteiger partial charge on any atom is -0.478 e. The average molecular weight is 398 g/mol. The number of ether oxygens (including phenoxy) is 1. The van der Waals surface area contributed by atoms with E-state index in [0.717, 1.165) is 17.0 Å². The molecule has 0 radical (unpaired) electrons. The molecule has 0 aliphatic carbocycles. The number of nitrogens with one attached hydrogen (secondary N) is 1. The quantitative estimate of drug-likeness (QED) is 0.488. The number of hydrogen-bond acceptors (Lipinski definition) is 5. The van der Waals surface area contributed by atoms with Gasteiger partial charge in [-0.2, -0.15) is 10.4 Å². The molecule has 2 aromatic carbocycles. The fourth-order valence-corrected chi connectivity index (χ4v) is 3.31. The van der Waals surface area contributed by atoms with Crippen molar-refractivity contribution in [1.82, 2.24) is 9.61 Å². The second-order valence-electron chi connectivity index (χ2n) is 6.83. The molecule has 7 heteroatoms. The molecule has 0 aliphatic rings. The third-order valence-corrected chi connectivity index (χ3v) is 4.84. The summed E-state index contributed by atoms with van der Waals surface area (Å²) in [5.41, 5.74) is 3.75. The van der Waals surface area contributed by atoms with Crippen molar-refractivity contribution in [2.75, 3.05) is 5.32 Å². The third-order valence-electron chi connectivity index (χ3n) is 4.84. The molecule has 0 aliphatic heterocycles. The zero-order chi connectivity index (χ0) is 21.3. The van der Waals surface area contributed by atoms with Crippen LogP contribution in [-0.2, 0) is 0 Å². The predicted octanol–water partition coefficient (Wildman–Crippen LogP) is 5.06. The summed E-state index contributed by atoms with van der Waals surface area (Å²) < 4.78 is 7.35. The topological polar surface area (TPSA) is 99.6 Å². The first-order valence-electron chi connectivity index (χ1n) is 9.23. The van der Waals surface area contributed by atoms with Crippen LogP contribution >= 0.6 is 0 Å². The average Bonchev–Trinajstić information content (AvgIpc) is 3.08. The predicted molar refractivity (Wildman–Crippen MR) is 113 cm³/mol. The molecular formula is C23H18N4O3. The van der Waals surface area contributed by atoms with E-state index >= 15 is 0 Å². The largest absolute Gasteiger partial charge is 0.478 e. The van der Waals surface area contributed by atoms with E-state index in [0.29, 0.717) is 28.1 Å². The molecule has 0 saturated carbocycles. The summed E-state index contributed by atoms with van der Waals surface area (Å²) in [6.07, 6.45) is 2.87. The molecule has 0 bridgehead atoms. The second-order valence-corrected chi connectivity index (χ2v) is 6.83. The minimum absolute atomic E-state index is 0.143. The van der Waals surface area contributed by atoms with Gasteiger partial charge in [0.25, 0.3) is 0 Å². The van der Waals surface area contributed by atoms with Crippen molar-refractivity contribution in [2.45, 2.75) is 13.8 Å². The number of anilines is 2. The van der Waals surface area contributed by atoms with Gasteiger partial charge in [0.05, 0.1) is 28.5 Å². The molecule has 2 N–H and O–H groups in total.